The molecule has 6 amide bonds. The molecular weight excluding hydrogens is 1410 g/mol. The van der Waals surface area contributed by atoms with Gasteiger partial charge in [0.05, 0.1) is 30.3 Å². The molecule has 0 spiro atoms. The Kier molecular flexibility index (Phi) is 24.3. The van der Waals surface area contributed by atoms with Gasteiger partial charge in [-0.3, -0.25) is 43.4 Å². The van der Waals surface area contributed by atoms with Gasteiger partial charge in [-0.15, -0.1) is 0 Å². The Hall–Kier alpha value is -9.37. The Bertz CT molecular complexity index is 4380. The van der Waals surface area contributed by atoms with E-state index in [9.17, 15) is 78.2 Å². The minimum Gasteiger partial charge on any atom is -0.479 e. The molecule has 3 fully saturated rings. The molecule has 6 aromatic rings. The number of pyridine rings is 2. The molecule has 7 heterocycles. The van der Waals surface area contributed by atoms with Crippen LogP contribution in [0, 0.1) is 23.7 Å². The van der Waals surface area contributed by atoms with Crippen LogP contribution >= 0.6 is 18.9 Å². The lowest BCUT2D eigenvalue weighted by atomic mass is 9.51. The van der Waals surface area contributed by atoms with E-state index in [2.05, 4.69) is 46.7 Å². The van der Waals surface area contributed by atoms with Crippen LogP contribution in [-0.4, -0.2) is 206 Å². The third kappa shape index (κ3) is 19.1. The Labute approximate surface area is 614 Å². The molecule has 106 heavy (non-hydrogen) atoms. The van der Waals surface area contributed by atoms with Crippen LogP contribution in [0.15, 0.2) is 91.3 Å². The normalized spacial score (nSPS) is 23.6. The molecule has 2 bridgehead atoms. The summed E-state index contributed by atoms with van der Waals surface area (Å²) in [5.74, 6) is -4.37. The molecule has 9 atom stereocenters. The summed E-state index contributed by atoms with van der Waals surface area (Å²) in [4.78, 5) is 141. The molecule has 31 nitrogen and oxygen atoms in total. The fourth-order valence-corrected chi connectivity index (χ4v) is 17.1. The van der Waals surface area contributed by atoms with E-state index in [1.54, 1.807) is 36.7 Å². The minimum atomic E-state index is -4.46. The van der Waals surface area contributed by atoms with Gasteiger partial charge in [0.2, 0.25) is 18.1 Å². The summed E-state index contributed by atoms with van der Waals surface area (Å²) in [6.45, 7) is 9.69. The Balaban J connectivity index is 0.722. The number of aliphatic carboxylic acids is 1. The molecule has 2 saturated carbocycles. The highest BCUT2D eigenvalue weighted by molar-refractivity contribution is 7.51. The van der Waals surface area contributed by atoms with Crippen LogP contribution in [-0.2, 0) is 62.3 Å². The highest BCUT2D eigenvalue weighted by Crippen LogP contribution is 2.60. The topological polar surface area (TPSA) is 434 Å². The number of unbranched alkanes of at least 4 members (excludes halogenated alkanes) is 2. The van der Waals surface area contributed by atoms with E-state index in [1.165, 1.54) is 58.7 Å². The van der Waals surface area contributed by atoms with Gasteiger partial charge in [-0.05, 0) is 147 Å². The summed E-state index contributed by atoms with van der Waals surface area (Å²) in [7, 11) is -4.46. The number of carboxylic acids is 2. The largest absolute Gasteiger partial charge is 0.479 e. The van der Waals surface area contributed by atoms with Gasteiger partial charge in [0.25, 0.3) is 17.7 Å². The van der Waals surface area contributed by atoms with E-state index in [-0.39, 0.29) is 111 Å². The second-order valence-corrected chi connectivity index (χ2v) is 31.5. The number of carbonyl (C=O) groups excluding carboxylic acids is 6. The highest BCUT2D eigenvalue weighted by atomic mass is 32.1. The SMILES string of the molecule is Cc1c(-c2ccc(N3CCc4cccc(C(=O)Nc5nc6cccnc6s5)c4C3)nc2C(=O)O)cnn1CC1(C)CC2(C)CC(C)CC(OCCN(CCCP(=O)(O)O)C(=O)OC/C=C/c3ccc(O[C@@H]4O[C@H](C(=O)O)[C@@H](O)[C@H](O)[C@H]4O)c(NC(=O)CCNC(=O)CCCCCN4C(=O)C=CC4=O)c3)(C2)C1. The number of aliphatic hydroxyl groups is 3. The molecular formula is C73H88N11O20PS. The van der Waals surface area contributed by atoms with E-state index < -0.39 is 79.4 Å². The number of aromatic nitrogens is 5. The number of imide groups is 1. The lowest BCUT2D eigenvalue weighted by Gasteiger charge is -2.58. The van der Waals surface area contributed by atoms with Gasteiger partial charge < -0.3 is 74.7 Å². The van der Waals surface area contributed by atoms with Crippen LogP contribution in [0.3, 0.4) is 0 Å². The van der Waals surface area contributed by atoms with Crippen molar-refractivity contribution in [3.05, 3.63) is 125 Å². The lowest BCUT2D eigenvalue weighted by Crippen LogP contribution is -2.61. The number of rotatable bonds is 31. The van der Waals surface area contributed by atoms with Crippen molar-refractivity contribution in [3.8, 4) is 16.9 Å². The molecule has 33 heteroatoms. The second-order valence-electron chi connectivity index (χ2n) is 28.7. The van der Waals surface area contributed by atoms with Crippen molar-refractivity contribution in [2.45, 2.75) is 154 Å². The number of benzene rings is 2. The summed E-state index contributed by atoms with van der Waals surface area (Å²) in [5, 5.41) is 65.5. The number of thiazole rings is 1. The summed E-state index contributed by atoms with van der Waals surface area (Å²) in [6.07, 6.45) is 3.41. The van der Waals surface area contributed by atoms with Gasteiger partial charge in [-0.1, -0.05) is 62.8 Å². The summed E-state index contributed by atoms with van der Waals surface area (Å²) in [6, 6.07) is 17.1. The summed E-state index contributed by atoms with van der Waals surface area (Å²) in [5.41, 5.74) is 3.72. The fraction of sp³-hybridized carbons (Fsp3) is 0.479. The fourth-order valence-electron chi connectivity index (χ4n) is 15.8. The van der Waals surface area contributed by atoms with Crippen molar-refractivity contribution in [3.63, 3.8) is 0 Å². The van der Waals surface area contributed by atoms with E-state index in [0.29, 0.717) is 95.3 Å². The number of amides is 6. The number of aromatic carboxylic acids is 1. The van der Waals surface area contributed by atoms with Gasteiger partial charge in [0.15, 0.2) is 16.9 Å². The number of carbonyl (C=O) groups is 8. The predicted octanol–water partition coefficient (Wildman–Crippen LogP) is 7.07. The number of nitrogens with one attached hydrogen (secondary N) is 3. The maximum Gasteiger partial charge on any atom is 0.410 e. The van der Waals surface area contributed by atoms with E-state index in [1.807, 2.05) is 34.7 Å². The number of ether oxygens (including phenoxy) is 4. The van der Waals surface area contributed by atoms with E-state index in [0.717, 1.165) is 47.4 Å². The third-order valence-corrected chi connectivity index (χ3v) is 21.7. The zero-order valence-electron chi connectivity index (χ0n) is 59.1. The smallest absolute Gasteiger partial charge is 0.410 e. The number of hydrogen-bond donors (Lipinski definition) is 10. The Morgan fingerprint density at radius 3 is 2.41 bits per heavy atom. The second kappa shape index (κ2) is 33.2. The van der Waals surface area contributed by atoms with Crippen molar-refractivity contribution in [2.24, 2.45) is 16.7 Å². The zero-order chi connectivity index (χ0) is 75.8. The number of aliphatic hydroxyl groups excluding tert-OH is 3. The molecule has 0 radical (unpaired) electrons. The lowest BCUT2D eigenvalue weighted by molar-refractivity contribution is -0.271. The summed E-state index contributed by atoms with van der Waals surface area (Å²) >= 11 is 1.28. The molecule has 11 rings (SSSR count). The monoisotopic (exact) mass is 1500 g/mol. The zero-order valence-corrected chi connectivity index (χ0v) is 60.8. The molecule has 566 valence electrons. The molecule has 10 N–H and O–H groups in total. The average Bonchev–Trinajstić information content (AvgIpc) is 1.05. The maximum absolute atomic E-state index is 14.0. The number of fused-ring (bicyclic) bond motifs is 4. The molecule has 2 aromatic carbocycles. The predicted molar refractivity (Wildman–Crippen MR) is 386 cm³/mol. The maximum atomic E-state index is 14.0. The van der Waals surface area contributed by atoms with Crippen molar-refractivity contribution < 1.29 is 97.2 Å². The third-order valence-electron chi connectivity index (χ3n) is 19.9. The van der Waals surface area contributed by atoms with Crippen LogP contribution in [0.1, 0.15) is 135 Å². The molecule has 5 aliphatic rings. The minimum absolute atomic E-state index is 0.00303. The number of hydrogen-bond acceptors (Lipinski definition) is 22. The van der Waals surface area contributed by atoms with Gasteiger partial charge >= 0.3 is 25.6 Å². The van der Waals surface area contributed by atoms with E-state index in [4.69, 9.17) is 29.0 Å². The van der Waals surface area contributed by atoms with Crippen LogP contribution in [0.2, 0.25) is 0 Å². The number of anilines is 3. The quantitative estimate of drug-likeness (QED) is 0.0118. The highest BCUT2D eigenvalue weighted by Gasteiger charge is 2.56. The standard InChI is InChI=1S/C73H88N11O20PS/c1-43-35-71(3)39-72(4,42-84-44(2)49(37-76-84)47-18-20-54(79-59(47)66(93)94)82-29-24-46-13-8-14-48(50(46)38-82)64(92)80-69-78-51-15-9-25-75-65(51)106-69)41-73(36-43,40-71)102-32-30-81(27-11-33-105(98,99)100)70(97)101-31-10-12-45-17-19-53(103-68-62(91)60(89)61(90)63(104-68)67(95)96)52(34-45)77-56(86)23-26-74-55(85)16-6-5-7-28-83-57(87)21-22-58(83)88/h8-10,12-15,17-22,25,34,37,43,60-63,68,89-91H,5-7,11,16,23-24,26-33,35-36,38-42H2,1-4H3,(H,74,85)(H,77,86)(H,93,94)(H,95,96)(H,78,80,92)(H2,98,99,100)/b12-10+/t43?,60-,61-,62+,63-,68+,71?,72?,73?/m0/s1. The first kappa shape index (κ1) is 77.7. The first-order chi connectivity index (χ1) is 50.4. The Morgan fingerprint density at radius 2 is 1.65 bits per heavy atom. The molecule has 4 aromatic heterocycles. The summed E-state index contributed by atoms with van der Waals surface area (Å²) < 4.78 is 37.8. The average molecular weight is 1500 g/mol. The van der Waals surface area contributed by atoms with Gasteiger partial charge in [-0.2, -0.15) is 5.10 Å². The van der Waals surface area contributed by atoms with Crippen molar-refractivity contribution in [1.29, 1.82) is 0 Å². The molecule has 1 saturated heterocycles. The molecule has 4 unspecified atom stereocenters. The van der Waals surface area contributed by atoms with Crippen LogP contribution in [0.4, 0.5) is 21.4 Å². The van der Waals surface area contributed by atoms with Crippen LogP contribution in [0.5, 0.6) is 5.75 Å². The van der Waals surface area contributed by atoms with Crippen LogP contribution in [0.25, 0.3) is 27.6 Å². The van der Waals surface area contributed by atoms with Gasteiger partial charge in [0, 0.05) is 99.4 Å². The molecule has 2 aliphatic carbocycles. The van der Waals surface area contributed by atoms with Crippen LogP contribution < -0.4 is 25.6 Å². The number of carboxylic acid groups (broad SMARTS) is 2. The van der Waals surface area contributed by atoms with Gasteiger partial charge in [-0.25, -0.2) is 29.3 Å². The number of nitrogens with zero attached hydrogens (tertiary/aromatic N) is 8. The van der Waals surface area contributed by atoms with Crippen molar-refractivity contribution in [1.82, 2.24) is 39.8 Å². The first-order valence-electron chi connectivity index (χ1n) is 35.2. The van der Waals surface area contributed by atoms with Gasteiger partial charge in [0.1, 0.15) is 46.8 Å². The van der Waals surface area contributed by atoms with Crippen molar-refractivity contribution in [2.75, 3.05) is 67.6 Å². The van der Waals surface area contributed by atoms with E-state index >= 15 is 0 Å². The Morgan fingerprint density at radius 1 is 0.858 bits per heavy atom. The molecule has 3 aliphatic heterocycles. The first-order valence-corrected chi connectivity index (χ1v) is 37.8. The van der Waals surface area contributed by atoms with Crippen molar-refractivity contribution >= 4 is 99.6 Å².